The molecule has 5 rings (SSSR count). The zero-order valence-corrected chi connectivity index (χ0v) is 14.1. The zero-order valence-electron chi connectivity index (χ0n) is 14.1. The number of H-pyrrole nitrogens is 1. The number of para-hydroxylation sites is 1. The first-order chi connectivity index (χ1) is 12.4. The van der Waals surface area contributed by atoms with Gasteiger partial charge < -0.3 is 4.98 Å². The first kappa shape index (κ1) is 14.5. The van der Waals surface area contributed by atoms with Crippen LogP contribution in [0.2, 0.25) is 0 Å². The summed E-state index contributed by atoms with van der Waals surface area (Å²) in [6.07, 6.45) is 0. The Morgan fingerprint density at radius 2 is 1.52 bits per heavy atom. The van der Waals surface area contributed by atoms with Crippen molar-refractivity contribution in [3.63, 3.8) is 0 Å². The minimum atomic E-state index is 0.961. The highest BCUT2D eigenvalue weighted by Crippen LogP contribution is 2.36. The van der Waals surface area contributed by atoms with Crippen molar-refractivity contribution in [2.75, 3.05) is 0 Å². The van der Waals surface area contributed by atoms with Gasteiger partial charge >= 0.3 is 0 Å². The van der Waals surface area contributed by atoms with Crippen LogP contribution in [-0.4, -0.2) is 9.88 Å². The summed E-state index contributed by atoms with van der Waals surface area (Å²) >= 11 is 0. The van der Waals surface area contributed by atoms with Crippen molar-refractivity contribution in [1.82, 2.24) is 9.88 Å². The molecule has 1 aromatic heterocycles. The van der Waals surface area contributed by atoms with E-state index in [4.69, 9.17) is 0 Å². The van der Waals surface area contributed by atoms with Gasteiger partial charge in [0, 0.05) is 36.1 Å². The predicted molar refractivity (Wildman–Crippen MR) is 103 cm³/mol. The van der Waals surface area contributed by atoms with Gasteiger partial charge in [-0.3, -0.25) is 4.90 Å². The fourth-order valence-electron chi connectivity index (χ4n) is 3.97. The highest BCUT2D eigenvalue weighted by Gasteiger charge is 2.22. The first-order valence-electron chi connectivity index (χ1n) is 8.82. The molecule has 0 radical (unpaired) electrons. The summed E-state index contributed by atoms with van der Waals surface area (Å²) in [5.41, 5.74) is 8.02. The minimum absolute atomic E-state index is 0.961. The molecule has 0 fully saturated rings. The monoisotopic (exact) mass is 324 g/mol. The second-order valence-electron chi connectivity index (χ2n) is 6.81. The molecule has 2 heterocycles. The molecule has 122 valence electrons. The van der Waals surface area contributed by atoms with E-state index in [1.54, 1.807) is 0 Å². The largest absolute Gasteiger partial charge is 0.354 e. The maximum atomic E-state index is 3.67. The Hall–Kier alpha value is -2.84. The number of nitrogens with one attached hydrogen (secondary N) is 1. The number of hydrogen-bond donors (Lipinski definition) is 1. The van der Waals surface area contributed by atoms with E-state index in [2.05, 4.69) is 88.7 Å². The van der Waals surface area contributed by atoms with E-state index in [0.29, 0.717) is 0 Å². The molecule has 2 nitrogen and oxygen atoms in total. The average molecular weight is 324 g/mol. The standard InChI is InChI=1S/C23H20N2/c1-2-8-17(9-3-1)14-25-15-18-10-4-5-11-19(18)23-21(16-25)20-12-6-7-13-22(20)24-23/h1-13,24H,14-16H2. The average Bonchev–Trinajstić information content (AvgIpc) is 2.94. The second-order valence-corrected chi connectivity index (χ2v) is 6.81. The lowest BCUT2D eigenvalue weighted by molar-refractivity contribution is 0.251. The Labute approximate surface area is 147 Å². The molecule has 4 aromatic rings. The minimum Gasteiger partial charge on any atom is -0.354 e. The number of aromatic amines is 1. The van der Waals surface area contributed by atoms with Crippen LogP contribution in [0.25, 0.3) is 22.2 Å². The van der Waals surface area contributed by atoms with Gasteiger partial charge in [0.1, 0.15) is 0 Å². The van der Waals surface area contributed by atoms with Gasteiger partial charge in [-0.2, -0.15) is 0 Å². The van der Waals surface area contributed by atoms with Crippen molar-refractivity contribution in [2.45, 2.75) is 19.6 Å². The lowest BCUT2D eigenvalue weighted by Gasteiger charge is -2.21. The lowest BCUT2D eigenvalue weighted by atomic mass is 10.0. The molecule has 0 unspecified atom stereocenters. The number of fused-ring (bicyclic) bond motifs is 5. The molecule has 0 saturated heterocycles. The molecule has 3 aromatic carbocycles. The topological polar surface area (TPSA) is 19.0 Å². The molecule has 0 aliphatic carbocycles. The molecular weight excluding hydrogens is 304 g/mol. The van der Waals surface area contributed by atoms with Crippen LogP contribution in [0.1, 0.15) is 16.7 Å². The van der Waals surface area contributed by atoms with E-state index in [1.807, 2.05) is 0 Å². The molecule has 1 aliphatic rings. The molecule has 0 amide bonds. The van der Waals surface area contributed by atoms with Gasteiger partial charge in [-0.25, -0.2) is 0 Å². The third-order valence-corrected chi connectivity index (χ3v) is 5.13. The van der Waals surface area contributed by atoms with Crippen molar-refractivity contribution in [2.24, 2.45) is 0 Å². The summed E-state index contributed by atoms with van der Waals surface area (Å²) in [4.78, 5) is 6.21. The van der Waals surface area contributed by atoms with Gasteiger partial charge in [-0.05, 0) is 22.8 Å². The summed E-state index contributed by atoms with van der Waals surface area (Å²) in [6, 6.07) is 28.2. The van der Waals surface area contributed by atoms with Crippen LogP contribution in [-0.2, 0) is 19.6 Å². The summed E-state index contributed by atoms with van der Waals surface area (Å²) in [5.74, 6) is 0. The number of nitrogens with zero attached hydrogens (tertiary/aromatic N) is 1. The van der Waals surface area contributed by atoms with Crippen LogP contribution in [0.15, 0.2) is 78.9 Å². The third kappa shape index (κ3) is 2.55. The van der Waals surface area contributed by atoms with Gasteiger partial charge in [0.15, 0.2) is 0 Å². The molecule has 0 atom stereocenters. The lowest BCUT2D eigenvalue weighted by Crippen LogP contribution is -2.21. The molecule has 1 N–H and O–H groups in total. The molecule has 2 heteroatoms. The number of benzene rings is 3. The van der Waals surface area contributed by atoms with E-state index >= 15 is 0 Å². The number of aromatic nitrogens is 1. The SMILES string of the molecule is c1ccc(CN2Cc3ccccc3-c3[nH]c4ccccc4c3C2)cc1. The second kappa shape index (κ2) is 5.91. The highest BCUT2D eigenvalue weighted by atomic mass is 15.1. The van der Waals surface area contributed by atoms with Crippen LogP contribution in [0.5, 0.6) is 0 Å². The predicted octanol–water partition coefficient (Wildman–Crippen LogP) is 5.35. The van der Waals surface area contributed by atoms with Crippen LogP contribution in [0.4, 0.5) is 0 Å². The van der Waals surface area contributed by atoms with Crippen molar-refractivity contribution in [1.29, 1.82) is 0 Å². The van der Waals surface area contributed by atoms with Gasteiger partial charge in [0.2, 0.25) is 0 Å². The van der Waals surface area contributed by atoms with Crippen molar-refractivity contribution in [3.05, 3.63) is 95.6 Å². The van der Waals surface area contributed by atoms with E-state index in [-0.39, 0.29) is 0 Å². The maximum Gasteiger partial charge on any atom is 0.0513 e. The Morgan fingerprint density at radius 3 is 2.44 bits per heavy atom. The molecule has 0 saturated carbocycles. The fraction of sp³-hybridized carbons (Fsp3) is 0.130. The number of hydrogen-bond acceptors (Lipinski definition) is 1. The van der Waals surface area contributed by atoms with Crippen LogP contribution in [0.3, 0.4) is 0 Å². The fourth-order valence-corrected chi connectivity index (χ4v) is 3.97. The van der Waals surface area contributed by atoms with Crippen molar-refractivity contribution < 1.29 is 0 Å². The summed E-state index contributed by atoms with van der Waals surface area (Å²) in [7, 11) is 0. The maximum absolute atomic E-state index is 3.67. The molecule has 1 aliphatic heterocycles. The summed E-state index contributed by atoms with van der Waals surface area (Å²) in [6.45, 7) is 2.90. The van der Waals surface area contributed by atoms with Crippen LogP contribution in [0, 0.1) is 0 Å². The van der Waals surface area contributed by atoms with Crippen LogP contribution >= 0.6 is 0 Å². The molecule has 0 spiro atoms. The summed E-state index contributed by atoms with van der Waals surface area (Å²) in [5, 5.41) is 1.34. The van der Waals surface area contributed by atoms with Gasteiger partial charge in [0.05, 0.1) is 5.69 Å². The quantitative estimate of drug-likeness (QED) is 0.526. The Balaban J connectivity index is 1.65. The van der Waals surface area contributed by atoms with E-state index in [1.165, 1.54) is 38.9 Å². The van der Waals surface area contributed by atoms with E-state index < -0.39 is 0 Å². The van der Waals surface area contributed by atoms with Gasteiger partial charge in [0.25, 0.3) is 0 Å². The van der Waals surface area contributed by atoms with Crippen molar-refractivity contribution >= 4 is 10.9 Å². The Bertz CT molecular complexity index is 1030. The van der Waals surface area contributed by atoms with Gasteiger partial charge in [-0.15, -0.1) is 0 Å². The normalized spacial score (nSPS) is 14.1. The first-order valence-corrected chi connectivity index (χ1v) is 8.82. The van der Waals surface area contributed by atoms with E-state index in [9.17, 15) is 0 Å². The molecular formula is C23H20N2. The molecule has 0 bridgehead atoms. The Kier molecular flexibility index (Phi) is 3.43. The van der Waals surface area contributed by atoms with Gasteiger partial charge in [-0.1, -0.05) is 72.8 Å². The smallest absolute Gasteiger partial charge is 0.0513 e. The summed E-state index contributed by atoms with van der Waals surface area (Å²) < 4.78 is 0. The van der Waals surface area contributed by atoms with E-state index in [0.717, 1.165) is 19.6 Å². The Morgan fingerprint density at radius 1 is 0.760 bits per heavy atom. The van der Waals surface area contributed by atoms with Crippen LogP contribution < -0.4 is 0 Å². The van der Waals surface area contributed by atoms with Crippen molar-refractivity contribution in [3.8, 4) is 11.3 Å². The number of rotatable bonds is 2. The molecule has 25 heavy (non-hydrogen) atoms. The zero-order chi connectivity index (χ0) is 16.6. The highest BCUT2D eigenvalue weighted by molar-refractivity contribution is 5.91. The third-order valence-electron chi connectivity index (χ3n) is 5.13.